The molecule has 0 radical (unpaired) electrons. The first-order valence-electron chi connectivity index (χ1n) is 8.55. The standard InChI is InChI=1S/C20H18N4O3S/c1-9-7-12(10(2)28-9)17-16-15(11-5-4-6-14(26-3)18(11)25)13(8-21)19(22)27-20(16)24-23-17/h4-7,15,25H,22H2,1-3H3,(H,23,24)/t15-/m1/s1. The number of nitrogens with two attached hydrogens (primary N) is 1. The number of hydrogen-bond donors (Lipinski definition) is 3. The van der Waals surface area contributed by atoms with Crippen molar-refractivity contribution in [2.45, 2.75) is 19.8 Å². The first-order valence-corrected chi connectivity index (χ1v) is 9.37. The number of allylic oxidation sites excluding steroid dienone is 1. The van der Waals surface area contributed by atoms with Gasteiger partial charge in [-0.2, -0.15) is 5.26 Å². The summed E-state index contributed by atoms with van der Waals surface area (Å²) in [6.45, 7) is 4.06. The molecule has 3 aromatic rings. The SMILES string of the molecule is COc1cccc([C@@H]2C(C#N)=C(N)Oc3n[nH]c(-c4cc(C)sc4C)c32)c1O. The first-order chi connectivity index (χ1) is 13.5. The van der Waals surface area contributed by atoms with Gasteiger partial charge in [0.2, 0.25) is 11.8 Å². The predicted octanol–water partition coefficient (Wildman–Crippen LogP) is 3.69. The van der Waals surface area contributed by atoms with E-state index in [0.717, 1.165) is 21.0 Å². The molecule has 0 fully saturated rings. The fourth-order valence-electron chi connectivity index (χ4n) is 3.58. The Morgan fingerprint density at radius 1 is 1.39 bits per heavy atom. The van der Waals surface area contributed by atoms with Crippen LogP contribution < -0.4 is 15.2 Å². The van der Waals surface area contributed by atoms with Gasteiger partial charge in [0.05, 0.1) is 24.3 Å². The number of thiophene rings is 1. The van der Waals surface area contributed by atoms with Crippen molar-refractivity contribution >= 4 is 11.3 Å². The molecule has 0 saturated carbocycles. The Bertz CT molecular complexity index is 1150. The number of H-pyrrole nitrogens is 1. The molecule has 7 nitrogen and oxygen atoms in total. The fourth-order valence-corrected chi connectivity index (χ4v) is 4.51. The van der Waals surface area contributed by atoms with E-state index in [2.05, 4.69) is 22.3 Å². The minimum absolute atomic E-state index is 0.0292. The second-order valence-electron chi connectivity index (χ2n) is 6.47. The van der Waals surface area contributed by atoms with Crippen molar-refractivity contribution in [2.75, 3.05) is 7.11 Å². The number of ether oxygens (including phenoxy) is 2. The molecule has 0 amide bonds. The molecular weight excluding hydrogens is 376 g/mol. The Balaban J connectivity index is 2.01. The number of aryl methyl sites for hydroxylation is 2. The lowest BCUT2D eigenvalue weighted by atomic mass is 9.82. The number of rotatable bonds is 3. The highest BCUT2D eigenvalue weighted by atomic mass is 32.1. The van der Waals surface area contributed by atoms with Gasteiger partial charge >= 0.3 is 0 Å². The molecule has 142 valence electrons. The summed E-state index contributed by atoms with van der Waals surface area (Å²) in [5, 5.41) is 27.8. The molecule has 0 unspecified atom stereocenters. The monoisotopic (exact) mass is 394 g/mol. The maximum atomic E-state index is 10.8. The van der Waals surface area contributed by atoms with E-state index in [1.807, 2.05) is 13.8 Å². The highest BCUT2D eigenvalue weighted by Crippen LogP contribution is 2.50. The average molecular weight is 394 g/mol. The second kappa shape index (κ2) is 6.62. The van der Waals surface area contributed by atoms with Gasteiger partial charge in [-0.3, -0.25) is 5.10 Å². The number of aromatic nitrogens is 2. The van der Waals surface area contributed by atoms with Crippen molar-refractivity contribution in [3.05, 3.63) is 56.6 Å². The van der Waals surface area contributed by atoms with Crippen LogP contribution in [0.15, 0.2) is 35.7 Å². The smallest absolute Gasteiger partial charge is 0.244 e. The highest BCUT2D eigenvalue weighted by molar-refractivity contribution is 7.12. The summed E-state index contributed by atoms with van der Waals surface area (Å²) >= 11 is 1.67. The van der Waals surface area contributed by atoms with E-state index in [1.54, 1.807) is 29.5 Å². The Hall–Kier alpha value is -3.44. The minimum Gasteiger partial charge on any atom is -0.504 e. The van der Waals surface area contributed by atoms with Crippen LogP contribution in [0.4, 0.5) is 0 Å². The van der Waals surface area contributed by atoms with E-state index >= 15 is 0 Å². The lowest BCUT2D eigenvalue weighted by molar-refractivity contribution is 0.364. The van der Waals surface area contributed by atoms with Crippen LogP contribution in [0.2, 0.25) is 0 Å². The minimum atomic E-state index is -0.641. The van der Waals surface area contributed by atoms with Gasteiger partial charge in [0.25, 0.3) is 0 Å². The zero-order valence-corrected chi connectivity index (χ0v) is 16.3. The molecule has 0 aliphatic carbocycles. The molecular formula is C20H18N4O3S. The molecule has 1 aliphatic heterocycles. The van der Waals surface area contributed by atoms with Crippen LogP contribution in [0.1, 0.15) is 26.8 Å². The van der Waals surface area contributed by atoms with Crippen molar-refractivity contribution in [1.29, 1.82) is 5.26 Å². The molecule has 28 heavy (non-hydrogen) atoms. The molecule has 4 N–H and O–H groups in total. The molecule has 1 aliphatic rings. The Morgan fingerprint density at radius 2 is 2.18 bits per heavy atom. The second-order valence-corrected chi connectivity index (χ2v) is 7.93. The van der Waals surface area contributed by atoms with Gasteiger partial charge in [-0.25, -0.2) is 0 Å². The highest BCUT2D eigenvalue weighted by Gasteiger charge is 2.37. The Morgan fingerprint density at radius 3 is 2.82 bits per heavy atom. The number of nitrogens with one attached hydrogen (secondary N) is 1. The van der Waals surface area contributed by atoms with E-state index in [0.29, 0.717) is 22.8 Å². The maximum Gasteiger partial charge on any atom is 0.244 e. The van der Waals surface area contributed by atoms with E-state index in [-0.39, 0.29) is 17.2 Å². The number of para-hydroxylation sites is 1. The van der Waals surface area contributed by atoms with Crippen LogP contribution in [0, 0.1) is 25.2 Å². The van der Waals surface area contributed by atoms with Gasteiger partial charge in [0.1, 0.15) is 11.6 Å². The van der Waals surface area contributed by atoms with Crippen molar-refractivity contribution in [2.24, 2.45) is 5.73 Å². The van der Waals surface area contributed by atoms with Gasteiger partial charge in [-0.15, -0.1) is 16.4 Å². The van der Waals surface area contributed by atoms with E-state index in [4.69, 9.17) is 15.2 Å². The number of nitriles is 1. The molecule has 4 rings (SSSR count). The lowest BCUT2D eigenvalue weighted by Gasteiger charge is -2.25. The average Bonchev–Trinajstić information content (AvgIpc) is 3.22. The quantitative estimate of drug-likeness (QED) is 0.624. The fraction of sp³-hybridized carbons (Fsp3) is 0.200. The number of methoxy groups -OCH3 is 1. The van der Waals surface area contributed by atoms with Crippen LogP contribution in [0.5, 0.6) is 17.4 Å². The molecule has 0 saturated heterocycles. The van der Waals surface area contributed by atoms with E-state index < -0.39 is 5.92 Å². The number of nitrogens with zero attached hydrogens (tertiary/aromatic N) is 2. The van der Waals surface area contributed by atoms with Crippen LogP contribution in [-0.2, 0) is 0 Å². The maximum absolute atomic E-state index is 10.8. The topological polar surface area (TPSA) is 117 Å². The summed E-state index contributed by atoms with van der Waals surface area (Å²) in [6.07, 6.45) is 0. The number of aromatic amines is 1. The molecule has 8 heteroatoms. The van der Waals surface area contributed by atoms with E-state index in [1.165, 1.54) is 7.11 Å². The van der Waals surface area contributed by atoms with Gasteiger partial charge < -0.3 is 20.3 Å². The van der Waals surface area contributed by atoms with Gasteiger partial charge in [-0.1, -0.05) is 12.1 Å². The van der Waals surface area contributed by atoms with Crippen molar-refractivity contribution in [3.63, 3.8) is 0 Å². The predicted molar refractivity (Wildman–Crippen MR) is 105 cm³/mol. The van der Waals surface area contributed by atoms with Crippen LogP contribution >= 0.6 is 11.3 Å². The molecule has 0 spiro atoms. The summed E-state index contributed by atoms with van der Waals surface area (Å²) < 4.78 is 10.9. The Kier molecular flexibility index (Phi) is 4.24. The third-order valence-corrected chi connectivity index (χ3v) is 5.78. The summed E-state index contributed by atoms with van der Waals surface area (Å²) in [6, 6.07) is 9.35. The molecule has 1 atom stereocenters. The summed E-state index contributed by atoms with van der Waals surface area (Å²) in [7, 11) is 1.48. The zero-order valence-electron chi connectivity index (χ0n) is 15.5. The molecule has 1 aromatic carbocycles. The number of benzene rings is 1. The third-order valence-electron chi connectivity index (χ3n) is 4.81. The molecule has 2 aromatic heterocycles. The van der Waals surface area contributed by atoms with Crippen molar-refractivity contribution < 1.29 is 14.6 Å². The Labute approximate surface area is 165 Å². The third kappa shape index (κ3) is 2.60. The summed E-state index contributed by atoms with van der Waals surface area (Å²) in [4.78, 5) is 2.27. The van der Waals surface area contributed by atoms with Crippen molar-refractivity contribution in [3.8, 4) is 34.7 Å². The van der Waals surface area contributed by atoms with Crippen LogP contribution in [-0.4, -0.2) is 22.4 Å². The summed E-state index contributed by atoms with van der Waals surface area (Å²) in [5.41, 5.74) is 9.09. The van der Waals surface area contributed by atoms with Crippen molar-refractivity contribution in [1.82, 2.24) is 10.2 Å². The number of fused-ring (bicyclic) bond motifs is 1. The molecule has 0 bridgehead atoms. The number of phenols is 1. The summed E-state index contributed by atoms with van der Waals surface area (Å²) in [5.74, 6) is -0.111. The van der Waals surface area contributed by atoms with Crippen LogP contribution in [0.25, 0.3) is 11.3 Å². The first kappa shape index (κ1) is 17.9. The molecule has 3 heterocycles. The van der Waals surface area contributed by atoms with Gasteiger partial charge in [0.15, 0.2) is 11.5 Å². The number of aromatic hydroxyl groups is 1. The van der Waals surface area contributed by atoms with Crippen LogP contribution in [0.3, 0.4) is 0 Å². The number of phenolic OH excluding ortho intramolecular Hbond substituents is 1. The largest absolute Gasteiger partial charge is 0.504 e. The lowest BCUT2D eigenvalue weighted by Crippen LogP contribution is -2.21. The van der Waals surface area contributed by atoms with Gasteiger partial charge in [-0.05, 0) is 26.0 Å². The van der Waals surface area contributed by atoms with Gasteiger partial charge in [0, 0.05) is 20.9 Å². The van der Waals surface area contributed by atoms with E-state index in [9.17, 15) is 10.4 Å². The zero-order chi connectivity index (χ0) is 20.0. The number of hydrogen-bond acceptors (Lipinski definition) is 7. The normalized spacial score (nSPS) is 15.7.